The first-order valence-electron chi connectivity index (χ1n) is 13.5. The molecule has 1 N–H and O–H groups in total. The third-order valence-electron chi connectivity index (χ3n) is 6.20. The predicted molar refractivity (Wildman–Crippen MR) is 163 cm³/mol. The average molecular weight is 600 g/mol. The number of nitrogens with zero attached hydrogens (tertiary/aromatic N) is 2. The molecule has 0 aromatic heterocycles. The maximum Gasteiger partial charge on any atom is 0.264 e. The van der Waals surface area contributed by atoms with Crippen molar-refractivity contribution >= 4 is 39.1 Å². The summed E-state index contributed by atoms with van der Waals surface area (Å²) in [7, 11) is -4.14. The summed E-state index contributed by atoms with van der Waals surface area (Å²) >= 11 is 6.07. The number of halogens is 1. The lowest BCUT2D eigenvalue weighted by molar-refractivity contribution is -0.141. The lowest BCUT2D eigenvalue weighted by atomic mass is 10.1. The maximum atomic E-state index is 14.1. The number of benzene rings is 3. The zero-order valence-corrected chi connectivity index (χ0v) is 25.7. The van der Waals surface area contributed by atoms with E-state index in [1.54, 1.807) is 66.7 Å². The van der Waals surface area contributed by atoms with Crippen LogP contribution in [0.2, 0.25) is 5.02 Å². The molecular weight excluding hydrogens is 562 g/mol. The molecule has 0 unspecified atom stereocenters. The number of hydrogen-bond acceptors (Lipinski definition) is 5. The summed E-state index contributed by atoms with van der Waals surface area (Å²) < 4.78 is 34.4. The van der Waals surface area contributed by atoms with Crippen LogP contribution in [0.5, 0.6) is 5.75 Å². The number of sulfonamides is 1. The van der Waals surface area contributed by atoms with Gasteiger partial charge < -0.3 is 15.0 Å². The number of carbonyl (C=O) groups excluding carboxylic acids is 2. The zero-order chi connectivity index (χ0) is 30.2. The Morgan fingerprint density at radius 1 is 0.927 bits per heavy atom. The molecule has 1 atom stereocenters. The Hall–Kier alpha value is -3.56. The van der Waals surface area contributed by atoms with E-state index in [-0.39, 0.29) is 17.3 Å². The van der Waals surface area contributed by atoms with Crippen molar-refractivity contribution in [2.75, 3.05) is 17.5 Å². The number of anilines is 1. The van der Waals surface area contributed by atoms with Crippen molar-refractivity contribution in [3.8, 4) is 5.75 Å². The largest absolute Gasteiger partial charge is 0.494 e. The molecule has 0 fully saturated rings. The van der Waals surface area contributed by atoms with Gasteiger partial charge in [-0.3, -0.25) is 13.9 Å². The number of rotatable bonds is 12. The molecule has 0 aliphatic rings. The second-order valence-electron chi connectivity index (χ2n) is 10.6. The van der Waals surface area contributed by atoms with Gasteiger partial charge in [-0.25, -0.2) is 8.42 Å². The first-order chi connectivity index (χ1) is 19.4. The van der Waals surface area contributed by atoms with Crippen molar-refractivity contribution < 1.29 is 22.7 Å². The minimum absolute atomic E-state index is 0.0449. The monoisotopic (exact) mass is 599 g/mol. The molecule has 2 amide bonds. The van der Waals surface area contributed by atoms with Gasteiger partial charge in [-0.05, 0) is 88.2 Å². The summed E-state index contributed by atoms with van der Waals surface area (Å²) in [5.41, 5.74) is 0.525. The molecular formula is C31H38ClN3O5S. The van der Waals surface area contributed by atoms with E-state index in [9.17, 15) is 18.0 Å². The number of hydrogen-bond donors (Lipinski definition) is 1. The second kappa shape index (κ2) is 13.9. The van der Waals surface area contributed by atoms with Crippen LogP contribution < -0.4 is 14.4 Å². The van der Waals surface area contributed by atoms with Crippen LogP contribution in [0.25, 0.3) is 0 Å². The van der Waals surface area contributed by atoms with Gasteiger partial charge in [0.1, 0.15) is 18.3 Å². The topological polar surface area (TPSA) is 96.0 Å². The van der Waals surface area contributed by atoms with Crippen LogP contribution in [0.1, 0.15) is 46.6 Å². The van der Waals surface area contributed by atoms with Gasteiger partial charge >= 0.3 is 0 Å². The second-order valence-corrected chi connectivity index (χ2v) is 12.9. The minimum Gasteiger partial charge on any atom is -0.494 e. The fourth-order valence-corrected chi connectivity index (χ4v) is 5.84. The highest BCUT2D eigenvalue weighted by Crippen LogP contribution is 2.27. The lowest BCUT2D eigenvalue weighted by Gasteiger charge is -2.34. The highest BCUT2D eigenvalue weighted by molar-refractivity contribution is 7.92. The van der Waals surface area contributed by atoms with Crippen LogP contribution in [0, 0.1) is 0 Å². The molecule has 0 aliphatic carbocycles. The highest BCUT2D eigenvalue weighted by atomic mass is 35.5. The van der Waals surface area contributed by atoms with Crippen molar-refractivity contribution in [1.29, 1.82) is 0 Å². The van der Waals surface area contributed by atoms with Gasteiger partial charge in [0.15, 0.2) is 0 Å². The quantitative estimate of drug-likeness (QED) is 0.290. The molecule has 3 aromatic carbocycles. The summed E-state index contributed by atoms with van der Waals surface area (Å²) in [6.07, 6.45) is 0.329. The molecule has 8 nitrogen and oxygen atoms in total. The smallest absolute Gasteiger partial charge is 0.264 e. The molecule has 10 heteroatoms. The van der Waals surface area contributed by atoms with E-state index >= 15 is 0 Å². The van der Waals surface area contributed by atoms with E-state index in [0.717, 1.165) is 9.87 Å². The van der Waals surface area contributed by atoms with Gasteiger partial charge in [0.25, 0.3) is 10.0 Å². The van der Waals surface area contributed by atoms with Crippen molar-refractivity contribution in [3.63, 3.8) is 0 Å². The van der Waals surface area contributed by atoms with Gasteiger partial charge in [-0.1, -0.05) is 48.9 Å². The molecule has 0 bridgehead atoms. The van der Waals surface area contributed by atoms with E-state index < -0.39 is 34.1 Å². The van der Waals surface area contributed by atoms with Gasteiger partial charge in [-0.2, -0.15) is 0 Å². The summed E-state index contributed by atoms with van der Waals surface area (Å²) in [5.74, 6) is -0.265. The van der Waals surface area contributed by atoms with E-state index in [1.165, 1.54) is 17.0 Å². The Labute approximate surface area is 248 Å². The fraction of sp³-hybridized carbons (Fsp3) is 0.355. The van der Waals surface area contributed by atoms with E-state index in [1.807, 2.05) is 34.6 Å². The molecule has 0 saturated carbocycles. The Balaban J connectivity index is 2.05. The van der Waals surface area contributed by atoms with E-state index in [0.29, 0.717) is 29.5 Å². The van der Waals surface area contributed by atoms with Gasteiger partial charge in [0.05, 0.1) is 17.2 Å². The van der Waals surface area contributed by atoms with Gasteiger partial charge in [-0.15, -0.1) is 0 Å². The summed E-state index contributed by atoms with van der Waals surface area (Å²) in [6, 6.07) is 20.6. The molecule has 0 radical (unpaired) electrons. The molecule has 3 aromatic rings. The lowest BCUT2D eigenvalue weighted by Crippen LogP contribution is -2.55. The average Bonchev–Trinajstić information content (AvgIpc) is 2.92. The Morgan fingerprint density at radius 2 is 1.54 bits per heavy atom. The number of ether oxygens (including phenoxy) is 1. The summed E-state index contributed by atoms with van der Waals surface area (Å²) in [4.78, 5) is 29.0. The Bertz CT molecular complexity index is 1410. The van der Waals surface area contributed by atoms with Crippen LogP contribution in [0.15, 0.2) is 83.8 Å². The predicted octanol–water partition coefficient (Wildman–Crippen LogP) is 5.66. The molecule has 0 heterocycles. The third-order valence-corrected chi connectivity index (χ3v) is 8.24. The molecule has 0 spiro atoms. The van der Waals surface area contributed by atoms with Gasteiger partial charge in [0, 0.05) is 17.1 Å². The van der Waals surface area contributed by atoms with Crippen molar-refractivity contribution in [1.82, 2.24) is 10.2 Å². The minimum atomic E-state index is -4.14. The highest BCUT2D eigenvalue weighted by Gasteiger charge is 2.34. The molecule has 220 valence electrons. The van der Waals surface area contributed by atoms with E-state index in [4.69, 9.17) is 16.3 Å². The van der Waals surface area contributed by atoms with Crippen molar-refractivity contribution in [3.05, 3.63) is 89.4 Å². The normalized spacial score (nSPS) is 12.3. The van der Waals surface area contributed by atoms with Gasteiger partial charge in [0.2, 0.25) is 11.8 Å². The molecule has 0 saturated heterocycles. The first kappa shape index (κ1) is 32.0. The number of carbonyl (C=O) groups is 2. The number of amides is 2. The van der Waals surface area contributed by atoms with Crippen LogP contribution in [0.3, 0.4) is 0 Å². The molecule has 3 rings (SSSR count). The zero-order valence-electron chi connectivity index (χ0n) is 24.1. The molecule has 0 aliphatic heterocycles. The summed E-state index contributed by atoms with van der Waals surface area (Å²) in [6.45, 7) is 9.30. The van der Waals surface area contributed by atoms with Crippen LogP contribution in [-0.4, -0.2) is 49.9 Å². The summed E-state index contributed by atoms with van der Waals surface area (Å²) in [5, 5.41) is 3.50. The molecule has 41 heavy (non-hydrogen) atoms. The number of nitrogens with one attached hydrogen (secondary N) is 1. The maximum absolute atomic E-state index is 14.1. The Kier molecular flexibility index (Phi) is 10.8. The fourth-order valence-electron chi connectivity index (χ4n) is 4.28. The van der Waals surface area contributed by atoms with Crippen LogP contribution in [0.4, 0.5) is 5.69 Å². The van der Waals surface area contributed by atoms with Crippen molar-refractivity contribution in [2.45, 2.75) is 64.1 Å². The Morgan fingerprint density at radius 3 is 2.07 bits per heavy atom. The standard InChI is InChI=1S/C31H38ClN3O5S/c1-6-28(30(37)33-31(3,4)5)34(21-23-13-15-24(32)16-14-23)29(36)22-35(25-17-19-26(20-18-25)40-7-2)41(38,39)27-11-9-8-10-12-27/h8-20,28H,6-7,21-22H2,1-5H3,(H,33,37)/t28-/m1/s1. The van der Waals surface area contributed by atoms with Crippen LogP contribution in [-0.2, 0) is 26.2 Å². The van der Waals surface area contributed by atoms with Crippen molar-refractivity contribution in [2.24, 2.45) is 0 Å². The van der Waals surface area contributed by atoms with Crippen LogP contribution >= 0.6 is 11.6 Å². The SMILES string of the molecule is CCOc1ccc(N(CC(=O)N(Cc2ccc(Cl)cc2)[C@H](CC)C(=O)NC(C)(C)C)S(=O)(=O)c2ccccc2)cc1. The first-order valence-corrected chi connectivity index (χ1v) is 15.3. The third kappa shape index (κ3) is 8.71. The van der Waals surface area contributed by atoms with E-state index in [2.05, 4.69) is 5.32 Å².